The second-order valence-electron chi connectivity index (χ2n) is 5.78. The summed E-state index contributed by atoms with van der Waals surface area (Å²) in [5.41, 5.74) is 4.90. The van der Waals surface area contributed by atoms with Crippen molar-refractivity contribution in [1.29, 1.82) is 0 Å². The van der Waals surface area contributed by atoms with Gasteiger partial charge >= 0.3 is 6.03 Å². The van der Waals surface area contributed by atoms with Gasteiger partial charge in [-0.05, 0) is 67.6 Å². The summed E-state index contributed by atoms with van der Waals surface area (Å²) in [6, 6.07) is 18.2. The first-order valence-corrected chi connectivity index (χ1v) is 8.84. The molecule has 3 aromatic rings. The van der Waals surface area contributed by atoms with Gasteiger partial charge in [0, 0.05) is 17.6 Å². The van der Waals surface area contributed by atoms with E-state index in [0.29, 0.717) is 12.3 Å². The van der Waals surface area contributed by atoms with E-state index in [0.717, 1.165) is 22.9 Å². The lowest BCUT2D eigenvalue weighted by Gasteiger charge is -2.08. The number of nitrogens with zero attached hydrogens (tertiary/aromatic N) is 2. The Balaban J connectivity index is 1.58. The zero-order valence-electron chi connectivity index (χ0n) is 15.8. The van der Waals surface area contributed by atoms with Crippen molar-refractivity contribution in [3.05, 3.63) is 72.6 Å². The number of hydrazone groups is 1. The molecule has 0 saturated heterocycles. The molecule has 0 radical (unpaired) electrons. The molecule has 1 aromatic heterocycles. The van der Waals surface area contributed by atoms with Crippen LogP contribution in [0.5, 0.6) is 11.5 Å². The Hall–Kier alpha value is -3.74. The molecule has 144 valence electrons. The number of hydrogen-bond donors (Lipinski definition) is 2. The zero-order valence-corrected chi connectivity index (χ0v) is 15.8. The summed E-state index contributed by atoms with van der Waals surface area (Å²) in [7, 11) is 1.63. The van der Waals surface area contributed by atoms with Gasteiger partial charge in [0.25, 0.3) is 0 Å². The van der Waals surface area contributed by atoms with Crippen LogP contribution in [0.3, 0.4) is 0 Å². The summed E-state index contributed by atoms with van der Waals surface area (Å²) in [6.07, 6.45) is 3.51. The van der Waals surface area contributed by atoms with Crippen molar-refractivity contribution >= 4 is 17.9 Å². The first-order valence-electron chi connectivity index (χ1n) is 8.84. The predicted molar refractivity (Wildman–Crippen MR) is 110 cm³/mol. The van der Waals surface area contributed by atoms with Crippen molar-refractivity contribution in [3.63, 3.8) is 0 Å². The summed E-state index contributed by atoms with van der Waals surface area (Å²) in [6.45, 7) is 2.52. The maximum atomic E-state index is 12.0. The van der Waals surface area contributed by atoms with E-state index in [1.54, 1.807) is 37.6 Å². The standard InChI is InChI=1S/C21H22N4O3/c1-3-28-20-10-6-16(7-11-20)23-21(26)24-22-15-18-5-4-14-25(18)17-8-12-19(27-2)13-9-17/h4-15H,3H2,1-2H3,(H2,23,24,26)/b22-15+. The van der Waals surface area contributed by atoms with Gasteiger partial charge in [0.2, 0.25) is 0 Å². The lowest BCUT2D eigenvalue weighted by atomic mass is 10.3. The molecule has 28 heavy (non-hydrogen) atoms. The minimum Gasteiger partial charge on any atom is -0.497 e. The molecule has 2 amide bonds. The summed E-state index contributed by atoms with van der Waals surface area (Å²) in [4.78, 5) is 12.0. The van der Waals surface area contributed by atoms with Gasteiger partial charge in [-0.15, -0.1) is 0 Å². The molecule has 0 aliphatic rings. The molecule has 0 unspecified atom stereocenters. The number of amides is 2. The van der Waals surface area contributed by atoms with Crippen LogP contribution in [0.25, 0.3) is 5.69 Å². The Morgan fingerprint density at radius 1 is 1.07 bits per heavy atom. The maximum Gasteiger partial charge on any atom is 0.339 e. The van der Waals surface area contributed by atoms with Crippen LogP contribution in [-0.4, -0.2) is 30.5 Å². The van der Waals surface area contributed by atoms with Crippen LogP contribution >= 0.6 is 0 Å². The zero-order chi connectivity index (χ0) is 19.8. The van der Waals surface area contributed by atoms with Gasteiger partial charge in [-0.25, -0.2) is 10.2 Å². The van der Waals surface area contributed by atoms with Gasteiger partial charge in [-0.3, -0.25) is 0 Å². The Bertz CT molecular complexity index is 931. The van der Waals surface area contributed by atoms with E-state index in [9.17, 15) is 4.79 Å². The van der Waals surface area contributed by atoms with Crippen LogP contribution in [-0.2, 0) is 0 Å². The van der Waals surface area contributed by atoms with E-state index in [1.807, 2.05) is 54.1 Å². The number of aromatic nitrogens is 1. The Kier molecular flexibility index (Phi) is 6.30. The highest BCUT2D eigenvalue weighted by atomic mass is 16.5. The normalized spacial score (nSPS) is 10.6. The first-order chi connectivity index (χ1) is 13.7. The number of anilines is 1. The largest absolute Gasteiger partial charge is 0.497 e. The van der Waals surface area contributed by atoms with E-state index in [1.165, 1.54) is 0 Å². The number of benzene rings is 2. The molecule has 0 spiro atoms. The van der Waals surface area contributed by atoms with Gasteiger partial charge < -0.3 is 19.4 Å². The third-order valence-electron chi connectivity index (χ3n) is 3.92. The maximum absolute atomic E-state index is 12.0. The van der Waals surface area contributed by atoms with Crippen molar-refractivity contribution in [3.8, 4) is 17.2 Å². The number of ether oxygens (including phenoxy) is 2. The number of nitrogens with one attached hydrogen (secondary N) is 2. The summed E-state index contributed by atoms with van der Waals surface area (Å²) < 4.78 is 12.5. The fraction of sp³-hybridized carbons (Fsp3) is 0.143. The van der Waals surface area contributed by atoms with E-state index < -0.39 is 6.03 Å². The second kappa shape index (κ2) is 9.27. The molecule has 2 N–H and O–H groups in total. The molecule has 1 heterocycles. The van der Waals surface area contributed by atoms with E-state index >= 15 is 0 Å². The number of carbonyl (C=O) groups is 1. The second-order valence-corrected chi connectivity index (χ2v) is 5.78. The highest BCUT2D eigenvalue weighted by Crippen LogP contribution is 2.17. The topological polar surface area (TPSA) is 76.9 Å². The van der Waals surface area contributed by atoms with Crippen molar-refractivity contribution < 1.29 is 14.3 Å². The third-order valence-corrected chi connectivity index (χ3v) is 3.92. The lowest BCUT2D eigenvalue weighted by Crippen LogP contribution is -2.24. The van der Waals surface area contributed by atoms with Crippen LogP contribution in [0.1, 0.15) is 12.6 Å². The highest BCUT2D eigenvalue weighted by Gasteiger charge is 2.03. The highest BCUT2D eigenvalue weighted by molar-refractivity contribution is 5.90. The molecular weight excluding hydrogens is 356 g/mol. The number of rotatable bonds is 7. The molecule has 7 nitrogen and oxygen atoms in total. The fourth-order valence-corrected chi connectivity index (χ4v) is 2.59. The molecule has 2 aromatic carbocycles. The summed E-state index contributed by atoms with van der Waals surface area (Å²) in [5, 5.41) is 6.73. The fourth-order valence-electron chi connectivity index (χ4n) is 2.59. The van der Waals surface area contributed by atoms with Crippen LogP contribution in [0.15, 0.2) is 72.0 Å². The quantitative estimate of drug-likeness (QED) is 0.481. The Morgan fingerprint density at radius 3 is 2.46 bits per heavy atom. The summed E-state index contributed by atoms with van der Waals surface area (Å²) >= 11 is 0. The van der Waals surface area contributed by atoms with Crippen molar-refractivity contribution in [2.24, 2.45) is 5.10 Å². The average Bonchev–Trinajstić information content (AvgIpc) is 3.18. The van der Waals surface area contributed by atoms with Crippen LogP contribution < -0.4 is 20.2 Å². The minimum atomic E-state index is -0.428. The van der Waals surface area contributed by atoms with Gasteiger partial charge in [-0.2, -0.15) is 5.10 Å². The number of carbonyl (C=O) groups excluding carboxylic acids is 1. The van der Waals surface area contributed by atoms with Gasteiger partial charge in [0.1, 0.15) is 11.5 Å². The van der Waals surface area contributed by atoms with Crippen molar-refractivity contribution in [2.75, 3.05) is 19.0 Å². The molecule has 0 bridgehead atoms. The number of urea groups is 1. The number of methoxy groups -OCH3 is 1. The molecular formula is C21H22N4O3. The van der Waals surface area contributed by atoms with Gasteiger partial charge in [-0.1, -0.05) is 0 Å². The average molecular weight is 378 g/mol. The monoisotopic (exact) mass is 378 g/mol. The lowest BCUT2D eigenvalue weighted by molar-refractivity contribution is 0.252. The molecule has 0 saturated carbocycles. The molecule has 3 rings (SSSR count). The predicted octanol–water partition coefficient (Wildman–Crippen LogP) is 4.04. The van der Waals surface area contributed by atoms with Gasteiger partial charge in [0.15, 0.2) is 0 Å². The SMILES string of the molecule is CCOc1ccc(NC(=O)N/N=C/c2cccn2-c2ccc(OC)cc2)cc1. The van der Waals surface area contributed by atoms with Crippen LogP contribution in [0.4, 0.5) is 10.5 Å². The molecule has 0 aliphatic heterocycles. The molecule has 0 atom stereocenters. The van der Waals surface area contributed by atoms with E-state index in [-0.39, 0.29) is 0 Å². The van der Waals surface area contributed by atoms with Crippen molar-refractivity contribution in [2.45, 2.75) is 6.92 Å². The van der Waals surface area contributed by atoms with E-state index in [4.69, 9.17) is 9.47 Å². The molecule has 7 heteroatoms. The summed E-state index contributed by atoms with van der Waals surface area (Å²) in [5.74, 6) is 1.55. The smallest absolute Gasteiger partial charge is 0.339 e. The van der Waals surface area contributed by atoms with E-state index in [2.05, 4.69) is 15.8 Å². The van der Waals surface area contributed by atoms with Crippen LogP contribution in [0.2, 0.25) is 0 Å². The Morgan fingerprint density at radius 2 is 1.79 bits per heavy atom. The van der Waals surface area contributed by atoms with Crippen LogP contribution in [0, 0.1) is 0 Å². The molecule has 0 fully saturated rings. The van der Waals surface area contributed by atoms with Gasteiger partial charge in [0.05, 0.1) is 25.6 Å². The Labute approximate surface area is 163 Å². The first kappa shape index (κ1) is 19.0. The third kappa shape index (κ3) is 4.91. The van der Waals surface area contributed by atoms with Crippen molar-refractivity contribution in [1.82, 2.24) is 9.99 Å². The number of hydrogen-bond acceptors (Lipinski definition) is 4. The minimum absolute atomic E-state index is 0.428. The molecule has 0 aliphatic carbocycles.